The fourth-order valence-electron chi connectivity index (χ4n) is 1.15. The standard InChI is InChI=1S/C8H8N4O3/c9-11-10-5-8(13)6-3-1-2-4-7(6)12(14)15/h1-4,8,13H,5H2/t8-/m0/s1. The average Bonchev–Trinajstić information content (AvgIpc) is 2.25. The first-order valence-electron chi connectivity index (χ1n) is 4.09. The van der Waals surface area contributed by atoms with Gasteiger partial charge in [-0.25, -0.2) is 0 Å². The molecule has 0 saturated carbocycles. The Morgan fingerprint density at radius 1 is 1.60 bits per heavy atom. The Labute approximate surface area is 84.7 Å². The molecule has 0 spiro atoms. The fourth-order valence-corrected chi connectivity index (χ4v) is 1.15. The second kappa shape index (κ2) is 4.94. The number of azide groups is 1. The second-order valence-electron chi connectivity index (χ2n) is 2.75. The summed E-state index contributed by atoms with van der Waals surface area (Å²) in [5.41, 5.74) is 8.02. The number of aliphatic hydroxyl groups is 1. The molecule has 1 aromatic carbocycles. The summed E-state index contributed by atoms with van der Waals surface area (Å²) in [6.45, 7) is -0.221. The Morgan fingerprint density at radius 3 is 2.87 bits per heavy atom. The summed E-state index contributed by atoms with van der Waals surface area (Å²) in [5, 5.41) is 23.3. The van der Waals surface area contributed by atoms with E-state index in [9.17, 15) is 15.2 Å². The fraction of sp³-hybridized carbons (Fsp3) is 0.250. The van der Waals surface area contributed by atoms with E-state index in [1.807, 2.05) is 0 Å². The molecule has 1 atom stereocenters. The van der Waals surface area contributed by atoms with Gasteiger partial charge in [-0.3, -0.25) is 10.1 Å². The first-order chi connectivity index (χ1) is 7.16. The quantitative estimate of drug-likeness (QED) is 0.268. The third-order valence-corrected chi connectivity index (χ3v) is 1.81. The zero-order chi connectivity index (χ0) is 11.3. The van der Waals surface area contributed by atoms with Crippen LogP contribution < -0.4 is 0 Å². The molecular weight excluding hydrogens is 200 g/mol. The first-order valence-corrected chi connectivity index (χ1v) is 4.09. The average molecular weight is 208 g/mol. The summed E-state index contributed by atoms with van der Waals surface area (Å²) in [6.07, 6.45) is -1.15. The number of hydrogen-bond donors (Lipinski definition) is 1. The van der Waals surface area contributed by atoms with Crippen LogP contribution in [0.15, 0.2) is 29.4 Å². The van der Waals surface area contributed by atoms with Crippen molar-refractivity contribution in [2.75, 3.05) is 6.54 Å². The van der Waals surface area contributed by atoms with Crippen LogP contribution in [-0.2, 0) is 0 Å². The first kappa shape index (κ1) is 11.0. The van der Waals surface area contributed by atoms with Gasteiger partial charge in [0.25, 0.3) is 5.69 Å². The van der Waals surface area contributed by atoms with Gasteiger partial charge < -0.3 is 5.11 Å². The molecule has 0 heterocycles. The van der Waals surface area contributed by atoms with Crippen molar-refractivity contribution in [3.63, 3.8) is 0 Å². The van der Waals surface area contributed by atoms with Gasteiger partial charge in [0, 0.05) is 11.0 Å². The van der Waals surface area contributed by atoms with E-state index in [0.717, 1.165) is 0 Å². The van der Waals surface area contributed by atoms with E-state index in [0.29, 0.717) is 0 Å². The molecule has 0 amide bonds. The molecule has 0 unspecified atom stereocenters. The van der Waals surface area contributed by atoms with Crippen LogP contribution >= 0.6 is 0 Å². The lowest BCUT2D eigenvalue weighted by molar-refractivity contribution is -0.386. The van der Waals surface area contributed by atoms with Crippen molar-refractivity contribution in [3.8, 4) is 0 Å². The lowest BCUT2D eigenvalue weighted by Gasteiger charge is -2.07. The van der Waals surface area contributed by atoms with Gasteiger partial charge in [-0.05, 0) is 11.6 Å². The molecule has 7 heteroatoms. The molecule has 1 rings (SSSR count). The van der Waals surface area contributed by atoms with E-state index in [2.05, 4.69) is 10.0 Å². The topological polar surface area (TPSA) is 112 Å². The molecule has 1 N–H and O–H groups in total. The summed E-state index contributed by atoms with van der Waals surface area (Å²) in [4.78, 5) is 12.5. The summed E-state index contributed by atoms with van der Waals surface area (Å²) in [6, 6.07) is 5.79. The molecule has 0 aliphatic rings. The summed E-state index contributed by atoms with van der Waals surface area (Å²) in [5.74, 6) is 0. The van der Waals surface area contributed by atoms with Crippen LogP contribution in [0.5, 0.6) is 0 Å². The SMILES string of the molecule is [N-]=[N+]=NC[C@H](O)c1ccccc1[N+](=O)[O-]. The van der Waals surface area contributed by atoms with Gasteiger partial charge >= 0.3 is 0 Å². The normalized spacial score (nSPS) is 11.5. The maximum absolute atomic E-state index is 10.6. The van der Waals surface area contributed by atoms with Crippen molar-refractivity contribution in [1.29, 1.82) is 0 Å². The third-order valence-electron chi connectivity index (χ3n) is 1.81. The molecule has 78 valence electrons. The van der Waals surface area contributed by atoms with Crippen LogP contribution in [-0.4, -0.2) is 16.6 Å². The van der Waals surface area contributed by atoms with E-state index in [1.165, 1.54) is 18.2 Å². The highest BCUT2D eigenvalue weighted by Crippen LogP contribution is 2.24. The van der Waals surface area contributed by atoms with Crippen LogP contribution in [0.1, 0.15) is 11.7 Å². The predicted octanol–water partition coefficient (Wildman–Crippen LogP) is 1.94. The Balaban J connectivity index is 3.01. The maximum atomic E-state index is 10.6. The largest absolute Gasteiger partial charge is 0.388 e. The molecule has 0 saturated heterocycles. The minimum atomic E-state index is -1.15. The summed E-state index contributed by atoms with van der Waals surface area (Å²) >= 11 is 0. The minimum absolute atomic E-state index is 0.148. The molecule has 0 fully saturated rings. The number of aliphatic hydroxyl groups excluding tert-OH is 1. The molecule has 0 aliphatic carbocycles. The van der Waals surface area contributed by atoms with Crippen LogP contribution in [0.2, 0.25) is 0 Å². The molecule has 0 bridgehead atoms. The van der Waals surface area contributed by atoms with Crippen LogP contribution in [0, 0.1) is 10.1 Å². The van der Waals surface area contributed by atoms with Crippen molar-refractivity contribution in [2.24, 2.45) is 5.11 Å². The molecule has 0 aliphatic heterocycles. The van der Waals surface area contributed by atoms with E-state index in [4.69, 9.17) is 5.53 Å². The van der Waals surface area contributed by atoms with Crippen molar-refractivity contribution < 1.29 is 10.0 Å². The van der Waals surface area contributed by atoms with Crippen molar-refractivity contribution >= 4 is 5.69 Å². The van der Waals surface area contributed by atoms with Gasteiger partial charge in [0.2, 0.25) is 0 Å². The number of hydrogen-bond acceptors (Lipinski definition) is 4. The third kappa shape index (κ3) is 2.67. The molecule has 0 aromatic heterocycles. The lowest BCUT2D eigenvalue weighted by atomic mass is 10.1. The van der Waals surface area contributed by atoms with E-state index in [-0.39, 0.29) is 17.8 Å². The number of nitro benzene ring substituents is 1. The maximum Gasteiger partial charge on any atom is 0.275 e. The van der Waals surface area contributed by atoms with Crippen molar-refractivity contribution in [1.82, 2.24) is 0 Å². The van der Waals surface area contributed by atoms with E-state index >= 15 is 0 Å². The Bertz CT molecular complexity index is 414. The highest BCUT2D eigenvalue weighted by Gasteiger charge is 2.18. The van der Waals surface area contributed by atoms with Gasteiger partial charge in [-0.2, -0.15) is 0 Å². The smallest absolute Gasteiger partial charge is 0.275 e. The minimum Gasteiger partial charge on any atom is -0.388 e. The molecule has 1 aromatic rings. The molecule has 0 radical (unpaired) electrons. The molecule has 15 heavy (non-hydrogen) atoms. The van der Waals surface area contributed by atoms with Gasteiger partial charge in [0.15, 0.2) is 0 Å². The van der Waals surface area contributed by atoms with Crippen LogP contribution in [0.4, 0.5) is 5.69 Å². The van der Waals surface area contributed by atoms with Gasteiger partial charge in [0.1, 0.15) is 0 Å². The van der Waals surface area contributed by atoms with Gasteiger partial charge in [-0.1, -0.05) is 17.2 Å². The zero-order valence-corrected chi connectivity index (χ0v) is 7.65. The number of benzene rings is 1. The number of nitrogens with zero attached hydrogens (tertiary/aromatic N) is 4. The van der Waals surface area contributed by atoms with E-state index < -0.39 is 11.0 Å². The predicted molar refractivity (Wildman–Crippen MR) is 52.1 cm³/mol. The van der Waals surface area contributed by atoms with Crippen molar-refractivity contribution in [2.45, 2.75) is 6.10 Å². The monoisotopic (exact) mass is 208 g/mol. The Kier molecular flexibility index (Phi) is 3.61. The van der Waals surface area contributed by atoms with Gasteiger partial charge in [0.05, 0.1) is 23.1 Å². The van der Waals surface area contributed by atoms with Crippen molar-refractivity contribution in [3.05, 3.63) is 50.4 Å². The van der Waals surface area contributed by atoms with Crippen LogP contribution in [0.25, 0.3) is 10.4 Å². The summed E-state index contributed by atoms with van der Waals surface area (Å²) < 4.78 is 0. The van der Waals surface area contributed by atoms with E-state index in [1.54, 1.807) is 6.07 Å². The second-order valence-corrected chi connectivity index (χ2v) is 2.75. The highest BCUT2D eigenvalue weighted by atomic mass is 16.6. The summed E-state index contributed by atoms with van der Waals surface area (Å²) in [7, 11) is 0. The number of nitro groups is 1. The zero-order valence-electron chi connectivity index (χ0n) is 7.65. The van der Waals surface area contributed by atoms with Crippen LogP contribution in [0.3, 0.4) is 0 Å². The number of rotatable bonds is 4. The Morgan fingerprint density at radius 2 is 2.27 bits per heavy atom. The lowest BCUT2D eigenvalue weighted by Crippen LogP contribution is -2.04. The molecule has 7 nitrogen and oxygen atoms in total. The molecular formula is C8H8N4O3. The highest BCUT2D eigenvalue weighted by molar-refractivity contribution is 5.41. The number of para-hydroxylation sites is 1. The Hall–Kier alpha value is -2.11. The van der Waals surface area contributed by atoms with Gasteiger partial charge in [-0.15, -0.1) is 0 Å².